The molecule has 88 valence electrons. The van der Waals surface area contributed by atoms with Crippen molar-refractivity contribution in [1.29, 1.82) is 0 Å². The highest BCUT2D eigenvalue weighted by Crippen LogP contribution is 2.13. The molecule has 0 aliphatic rings. The summed E-state index contributed by atoms with van der Waals surface area (Å²) in [4.78, 5) is 17.7. The molecule has 4 nitrogen and oxygen atoms in total. The number of benzene rings is 1. The standard InChI is InChI=1S/C13H14N2O2/c1-15(6-7-16)13(17)11-8-10-4-2-3-5-12(10)14-9-11/h2-5,8-9,16H,6-7H2,1H3. The molecule has 1 aromatic heterocycles. The predicted molar refractivity (Wildman–Crippen MR) is 65.8 cm³/mol. The van der Waals surface area contributed by atoms with Gasteiger partial charge in [-0.25, -0.2) is 0 Å². The van der Waals surface area contributed by atoms with Gasteiger partial charge in [0.05, 0.1) is 17.7 Å². The number of pyridine rings is 1. The first-order chi connectivity index (χ1) is 8.22. The van der Waals surface area contributed by atoms with E-state index in [-0.39, 0.29) is 12.5 Å². The first-order valence-corrected chi connectivity index (χ1v) is 5.43. The third-order valence-corrected chi connectivity index (χ3v) is 2.62. The molecule has 0 bridgehead atoms. The van der Waals surface area contributed by atoms with Gasteiger partial charge in [-0.15, -0.1) is 0 Å². The van der Waals surface area contributed by atoms with Gasteiger partial charge in [-0.3, -0.25) is 9.78 Å². The number of amides is 1. The van der Waals surface area contributed by atoms with Crippen molar-refractivity contribution >= 4 is 16.8 Å². The van der Waals surface area contributed by atoms with Crippen LogP contribution in [0.15, 0.2) is 36.5 Å². The molecule has 0 spiro atoms. The quantitative estimate of drug-likeness (QED) is 0.864. The number of aromatic nitrogens is 1. The van der Waals surface area contributed by atoms with E-state index in [2.05, 4.69) is 4.98 Å². The SMILES string of the molecule is CN(CCO)C(=O)c1cnc2ccccc2c1. The van der Waals surface area contributed by atoms with Gasteiger partial charge >= 0.3 is 0 Å². The number of carbonyl (C=O) groups excluding carboxylic acids is 1. The molecule has 4 heteroatoms. The highest BCUT2D eigenvalue weighted by molar-refractivity contribution is 5.97. The van der Waals surface area contributed by atoms with Gasteiger partial charge in [-0.2, -0.15) is 0 Å². The summed E-state index contributed by atoms with van der Waals surface area (Å²) in [5.74, 6) is -0.127. The van der Waals surface area contributed by atoms with Crippen LogP contribution in [0.4, 0.5) is 0 Å². The Morgan fingerprint density at radius 2 is 2.18 bits per heavy atom. The van der Waals surface area contributed by atoms with Crippen LogP contribution in [0.1, 0.15) is 10.4 Å². The molecule has 0 aliphatic carbocycles. The zero-order chi connectivity index (χ0) is 12.3. The number of rotatable bonds is 3. The summed E-state index contributed by atoms with van der Waals surface area (Å²) in [5.41, 5.74) is 1.41. The Morgan fingerprint density at radius 1 is 1.41 bits per heavy atom. The van der Waals surface area contributed by atoms with Crippen molar-refractivity contribution in [2.24, 2.45) is 0 Å². The Labute approximate surface area is 99.5 Å². The minimum atomic E-state index is -0.127. The molecule has 0 unspecified atom stereocenters. The summed E-state index contributed by atoms with van der Waals surface area (Å²) in [5, 5.41) is 9.74. The summed E-state index contributed by atoms with van der Waals surface area (Å²) in [7, 11) is 1.66. The van der Waals surface area contributed by atoms with Crippen LogP contribution in [0.25, 0.3) is 10.9 Å². The van der Waals surface area contributed by atoms with Gasteiger partial charge in [0.25, 0.3) is 5.91 Å². The fourth-order valence-corrected chi connectivity index (χ4v) is 1.66. The second-order valence-corrected chi connectivity index (χ2v) is 3.87. The molecule has 0 saturated heterocycles. The second-order valence-electron chi connectivity index (χ2n) is 3.87. The van der Waals surface area contributed by atoms with Gasteiger partial charge < -0.3 is 10.0 Å². The summed E-state index contributed by atoms with van der Waals surface area (Å²) in [6.45, 7) is 0.287. The van der Waals surface area contributed by atoms with Crippen molar-refractivity contribution < 1.29 is 9.90 Å². The largest absolute Gasteiger partial charge is 0.395 e. The van der Waals surface area contributed by atoms with E-state index in [9.17, 15) is 4.79 Å². The van der Waals surface area contributed by atoms with Crippen LogP contribution in [0.3, 0.4) is 0 Å². The second kappa shape index (κ2) is 4.93. The van der Waals surface area contributed by atoms with E-state index >= 15 is 0 Å². The molecular formula is C13H14N2O2. The zero-order valence-corrected chi connectivity index (χ0v) is 9.63. The minimum Gasteiger partial charge on any atom is -0.395 e. The van der Waals surface area contributed by atoms with E-state index in [1.165, 1.54) is 4.90 Å². The molecule has 1 amide bonds. The number of aliphatic hydroxyl groups excluding tert-OH is 1. The Hall–Kier alpha value is -1.94. The number of nitrogens with zero attached hydrogens (tertiary/aromatic N) is 2. The number of hydrogen-bond acceptors (Lipinski definition) is 3. The van der Waals surface area contributed by atoms with E-state index in [4.69, 9.17) is 5.11 Å². The summed E-state index contributed by atoms with van der Waals surface area (Å²) >= 11 is 0. The highest BCUT2D eigenvalue weighted by atomic mass is 16.3. The maximum absolute atomic E-state index is 12.0. The van der Waals surface area contributed by atoms with E-state index in [0.717, 1.165) is 10.9 Å². The van der Waals surface area contributed by atoms with E-state index in [1.54, 1.807) is 13.2 Å². The van der Waals surface area contributed by atoms with Crippen molar-refractivity contribution in [3.05, 3.63) is 42.1 Å². The average Bonchev–Trinajstić information content (AvgIpc) is 2.37. The Kier molecular flexibility index (Phi) is 3.35. The molecule has 0 atom stereocenters. The Morgan fingerprint density at radius 3 is 2.94 bits per heavy atom. The molecule has 1 aromatic carbocycles. The van der Waals surface area contributed by atoms with Crippen molar-refractivity contribution in [2.75, 3.05) is 20.2 Å². The number of likely N-dealkylation sites (N-methyl/N-ethyl adjacent to an activating group) is 1. The lowest BCUT2D eigenvalue weighted by atomic mass is 10.1. The first-order valence-electron chi connectivity index (χ1n) is 5.43. The lowest BCUT2D eigenvalue weighted by Gasteiger charge is -2.15. The number of hydrogen-bond donors (Lipinski definition) is 1. The molecular weight excluding hydrogens is 216 g/mol. The van der Waals surface area contributed by atoms with Crippen LogP contribution < -0.4 is 0 Å². The van der Waals surface area contributed by atoms with Gasteiger partial charge in [0.15, 0.2) is 0 Å². The summed E-state index contributed by atoms with van der Waals surface area (Å²) in [6.07, 6.45) is 1.57. The molecule has 1 heterocycles. The molecule has 0 aliphatic heterocycles. The Bertz CT molecular complexity index is 540. The molecule has 0 radical (unpaired) electrons. The van der Waals surface area contributed by atoms with Crippen LogP contribution in [0, 0.1) is 0 Å². The van der Waals surface area contributed by atoms with Crippen molar-refractivity contribution in [3.63, 3.8) is 0 Å². The fraction of sp³-hybridized carbons (Fsp3) is 0.231. The molecule has 2 rings (SSSR count). The topological polar surface area (TPSA) is 53.4 Å². The first kappa shape index (κ1) is 11.5. The monoisotopic (exact) mass is 230 g/mol. The maximum Gasteiger partial charge on any atom is 0.255 e. The summed E-state index contributed by atoms with van der Waals surface area (Å²) in [6, 6.07) is 9.47. The van der Waals surface area contributed by atoms with Crippen LogP contribution in [0.5, 0.6) is 0 Å². The third-order valence-electron chi connectivity index (χ3n) is 2.62. The van der Waals surface area contributed by atoms with Crippen LogP contribution in [0.2, 0.25) is 0 Å². The summed E-state index contributed by atoms with van der Waals surface area (Å²) < 4.78 is 0. The highest BCUT2D eigenvalue weighted by Gasteiger charge is 2.11. The number of aliphatic hydroxyl groups is 1. The van der Waals surface area contributed by atoms with Gasteiger partial charge in [-0.05, 0) is 12.1 Å². The predicted octanol–water partition coefficient (Wildman–Crippen LogP) is 1.30. The van der Waals surface area contributed by atoms with E-state index < -0.39 is 0 Å². The molecule has 17 heavy (non-hydrogen) atoms. The van der Waals surface area contributed by atoms with Gasteiger partial charge in [0.1, 0.15) is 0 Å². The molecule has 0 fully saturated rings. The Balaban J connectivity index is 2.33. The lowest BCUT2D eigenvalue weighted by molar-refractivity contribution is 0.0767. The van der Waals surface area contributed by atoms with Gasteiger partial charge in [-0.1, -0.05) is 18.2 Å². The molecule has 2 aromatic rings. The van der Waals surface area contributed by atoms with Crippen molar-refractivity contribution in [3.8, 4) is 0 Å². The molecule has 0 saturated carbocycles. The number of fused-ring (bicyclic) bond motifs is 1. The fourth-order valence-electron chi connectivity index (χ4n) is 1.66. The van der Waals surface area contributed by atoms with Crippen LogP contribution in [-0.2, 0) is 0 Å². The van der Waals surface area contributed by atoms with Crippen molar-refractivity contribution in [1.82, 2.24) is 9.88 Å². The minimum absolute atomic E-state index is 0.0384. The van der Waals surface area contributed by atoms with Crippen molar-refractivity contribution in [2.45, 2.75) is 0 Å². The smallest absolute Gasteiger partial charge is 0.255 e. The van der Waals surface area contributed by atoms with E-state index in [1.807, 2.05) is 30.3 Å². The average molecular weight is 230 g/mol. The van der Waals surface area contributed by atoms with Gasteiger partial charge in [0.2, 0.25) is 0 Å². The van der Waals surface area contributed by atoms with E-state index in [0.29, 0.717) is 12.1 Å². The third kappa shape index (κ3) is 2.42. The zero-order valence-electron chi connectivity index (χ0n) is 9.63. The van der Waals surface area contributed by atoms with Gasteiger partial charge in [0, 0.05) is 25.2 Å². The lowest BCUT2D eigenvalue weighted by Crippen LogP contribution is -2.29. The van der Waals surface area contributed by atoms with Crippen LogP contribution >= 0.6 is 0 Å². The number of para-hydroxylation sites is 1. The normalized spacial score (nSPS) is 10.5. The molecule has 1 N–H and O–H groups in total. The maximum atomic E-state index is 12.0. The number of carbonyl (C=O) groups is 1. The van der Waals surface area contributed by atoms with Crippen LogP contribution in [-0.4, -0.2) is 41.1 Å².